The number of imidazole rings is 1. The molecule has 2 N–H and O–H groups in total. The molecule has 2 aromatic carbocycles. The van der Waals surface area contributed by atoms with E-state index in [0.717, 1.165) is 28.6 Å². The van der Waals surface area contributed by atoms with Gasteiger partial charge >= 0.3 is 5.69 Å². The van der Waals surface area contributed by atoms with E-state index in [1.165, 1.54) is 6.21 Å². The lowest BCUT2D eigenvalue weighted by Gasteiger charge is -2.06. The van der Waals surface area contributed by atoms with E-state index in [4.69, 9.17) is 5.41 Å². The third-order valence-corrected chi connectivity index (χ3v) is 3.41. The highest BCUT2D eigenvalue weighted by Gasteiger charge is 2.11. The summed E-state index contributed by atoms with van der Waals surface area (Å²) in [4.78, 5) is 12.5. The van der Waals surface area contributed by atoms with E-state index >= 15 is 0 Å². The van der Waals surface area contributed by atoms with Gasteiger partial charge in [0.15, 0.2) is 0 Å². The summed E-state index contributed by atoms with van der Waals surface area (Å²) in [6, 6.07) is 15.1. The van der Waals surface area contributed by atoms with Crippen LogP contribution in [0.5, 0.6) is 0 Å². The Morgan fingerprint density at radius 1 is 1.14 bits per heavy atom. The minimum absolute atomic E-state index is 0.0960. The number of rotatable bonds is 4. The number of anilines is 1. The first kappa shape index (κ1) is 13.8. The van der Waals surface area contributed by atoms with E-state index < -0.39 is 0 Å². The number of aryl methyl sites for hydroxylation is 1. The molecule has 0 unspecified atom stereocenters. The first-order chi connectivity index (χ1) is 10.7. The molecule has 3 aromatic rings. The molecular weight excluding hydrogens is 278 g/mol. The van der Waals surface area contributed by atoms with Gasteiger partial charge in [0.25, 0.3) is 0 Å². The van der Waals surface area contributed by atoms with Crippen LogP contribution in [0.15, 0.2) is 58.4 Å². The van der Waals surface area contributed by atoms with E-state index in [-0.39, 0.29) is 5.69 Å². The van der Waals surface area contributed by atoms with Crippen molar-refractivity contribution in [1.82, 2.24) is 9.13 Å². The fourth-order valence-corrected chi connectivity index (χ4v) is 2.41. The van der Waals surface area contributed by atoms with Gasteiger partial charge in [-0.1, -0.05) is 18.2 Å². The highest BCUT2D eigenvalue weighted by atomic mass is 16.1. The second-order valence-electron chi connectivity index (χ2n) is 4.77. The first-order valence-electron chi connectivity index (χ1n) is 6.77. The van der Waals surface area contributed by atoms with Gasteiger partial charge in [-0.25, -0.2) is 4.79 Å². The minimum Gasteiger partial charge on any atom is -0.307 e. The van der Waals surface area contributed by atoms with Gasteiger partial charge in [-0.2, -0.15) is 5.10 Å². The van der Waals surface area contributed by atoms with Crippen molar-refractivity contribution in [2.45, 2.75) is 0 Å². The molecule has 0 aliphatic rings. The molecule has 0 amide bonds. The van der Waals surface area contributed by atoms with Crippen molar-refractivity contribution in [3.63, 3.8) is 0 Å². The summed E-state index contributed by atoms with van der Waals surface area (Å²) in [5.74, 6) is 0. The molecule has 1 heterocycles. The van der Waals surface area contributed by atoms with Crippen molar-refractivity contribution in [2.75, 3.05) is 5.43 Å². The van der Waals surface area contributed by atoms with Crippen molar-refractivity contribution < 1.29 is 0 Å². The molecule has 0 aliphatic carbocycles. The third kappa shape index (κ3) is 2.31. The van der Waals surface area contributed by atoms with Crippen LogP contribution in [0.2, 0.25) is 0 Å². The van der Waals surface area contributed by atoms with Crippen LogP contribution in [0.3, 0.4) is 0 Å². The van der Waals surface area contributed by atoms with Crippen molar-refractivity contribution in [3.8, 4) is 5.69 Å². The maximum absolute atomic E-state index is 12.5. The number of nitrogens with zero attached hydrogens (tertiary/aromatic N) is 3. The Labute approximate surface area is 126 Å². The molecule has 22 heavy (non-hydrogen) atoms. The Morgan fingerprint density at radius 3 is 2.68 bits per heavy atom. The predicted molar refractivity (Wildman–Crippen MR) is 89.4 cm³/mol. The third-order valence-electron chi connectivity index (χ3n) is 3.41. The summed E-state index contributed by atoms with van der Waals surface area (Å²) < 4.78 is 3.30. The zero-order chi connectivity index (χ0) is 15.5. The average Bonchev–Trinajstić information content (AvgIpc) is 2.80. The second-order valence-corrected chi connectivity index (χ2v) is 4.77. The van der Waals surface area contributed by atoms with E-state index in [9.17, 15) is 4.79 Å². The Morgan fingerprint density at radius 2 is 1.91 bits per heavy atom. The fraction of sp³-hybridized carbons (Fsp3) is 0.0625. The molecule has 6 nitrogen and oxygen atoms in total. The topological polar surface area (TPSA) is 75.2 Å². The number of hydrogen-bond donors (Lipinski definition) is 2. The smallest absolute Gasteiger partial charge is 0.307 e. The van der Waals surface area contributed by atoms with Crippen molar-refractivity contribution >= 4 is 29.1 Å². The van der Waals surface area contributed by atoms with Crippen LogP contribution in [-0.2, 0) is 7.05 Å². The quantitative estimate of drug-likeness (QED) is 0.572. The molecule has 110 valence electrons. The Bertz CT molecular complexity index is 920. The Kier molecular flexibility index (Phi) is 3.57. The molecule has 0 spiro atoms. The second kappa shape index (κ2) is 5.69. The molecule has 0 aliphatic heterocycles. The summed E-state index contributed by atoms with van der Waals surface area (Å²) in [6.07, 6.45) is 2.43. The highest BCUT2D eigenvalue weighted by Crippen LogP contribution is 2.19. The predicted octanol–water partition coefficient (Wildman–Crippen LogP) is 2.38. The molecule has 6 heteroatoms. The zero-order valence-electron chi connectivity index (χ0n) is 12.0. The van der Waals surface area contributed by atoms with Crippen molar-refractivity contribution in [3.05, 3.63) is 59.0 Å². The molecule has 0 saturated carbocycles. The van der Waals surface area contributed by atoms with E-state index in [2.05, 4.69) is 10.5 Å². The van der Waals surface area contributed by atoms with Crippen LogP contribution in [0, 0.1) is 5.41 Å². The standard InChI is InChI=1S/C16H15N5O/c1-20-14-7-2-3-8-15(14)21(16(20)22)13-6-4-5-12(11-13)19-18-10-9-17/h2-11,17,19H,1H3/b17-9?,18-10-. The average molecular weight is 293 g/mol. The first-order valence-corrected chi connectivity index (χ1v) is 6.77. The molecule has 0 atom stereocenters. The summed E-state index contributed by atoms with van der Waals surface area (Å²) in [6.45, 7) is 0. The summed E-state index contributed by atoms with van der Waals surface area (Å²) in [5.41, 5.74) is 5.98. The zero-order valence-corrected chi connectivity index (χ0v) is 12.0. The number of nitrogens with one attached hydrogen (secondary N) is 2. The molecule has 0 radical (unpaired) electrons. The summed E-state index contributed by atoms with van der Waals surface area (Å²) in [7, 11) is 1.76. The van der Waals surface area contributed by atoms with E-state index in [0.29, 0.717) is 0 Å². The lowest BCUT2D eigenvalue weighted by molar-refractivity contribution is 0.846. The van der Waals surface area contributed by atoms with Crippen LogP contribution < -0.4 is 11.1 Å². The maximum atomic E-state index is 12.5. The maximum Gasteiger partial charge on any atom is 0.333 e. The lowest BCUT2D eigenvalue weighted by atomic mass is 10.2. The Hall–Kier alpha value is -3.15. The number of fused-ring (bicyclic) bond motifs is 1. The molecule has 0 saturated heterocycles. The summed E-state index contributed by atoms with van der Waals surface area (Å²) in [5, 5.41) is 10.8. The van der Waals surface area contributed by atoms with Crippen molar-refractivity contribution in [2.24, 2.45) is 12.1 Å². The monoisotopic (exact) mass is 293 g/mol. The number of hydrogen-bond acceptors (Lipinski definition) is 4. The SMILES string of the molecule is Cn1c(=O)n(-c2cccc(N/N=C\C=N)c2)c2ccccc21. The van der Waals surface area contributed by atoms with E-state index in [1.54, 1.807) is 16.2 Å². The van der Waals surface area contributed by atoms with Gasteiger partial charge in [0.2, 0.25) is 0 Å². The van der Waals surface area contributed by atoms with Gasteiger partial charge in [0.1, 0.15) is 0 Å². The van der Waals surface area contributed by atoms with Crippen molar-refractivity contribution in [1.29, 1.82) is 5.41 Å². The Balaban J connectivity index is 2.14. The fourth-order valence-electron chi connectivity index (χ4n) is 2.41. The largest absolute Gasteiger partial charge is 0.333 e. The molecule has 0 fully saturated rings. The molecular formula is C16H15N5O. The van der Waals surface area contributed by atoms with Crippen LogP contribution in [-0.4, -0.2) is 21.6 Å². The number of aromatic nitrogens is 2. The van der Waals surface area contributed by atoms with Crippen LogP contribution >= 0.6 is 0 Å². The van der Waals surface area contributed by atoms with Crippen LogP contribution in [0.4, 0.5) is 5.69 Å². The van der Waals surface area contributed by atoms with Gasteiger partial charge < -0.3 is 5.41 Å². The lowest BCUT2D eigenvalue weighted by Crippen LogP contribution is -2.20. The van der Waals surface area contributed by atoms with Crippen LogP contribution in [0.25, 0.3) is 16.7 Å². The van der Waals surface area contributed by atoms with E-state index in [1.807, 2.05) is 48.5 Å². The molecule has 1 aromatic heterocycles. The van der Waals surface area contributed by atoms with Gasteiger partial charge in [0.05, 0.1) is 28.6 Å². The van der Waals surface area contributed by atoms with Gasteiger partial charge in [0, 0.05) is 13.3 Å². The summed E-state index contributed by atoms with van der Waals surface area (Å²) >= 11 is 0. The molecule has 3 rings (SSSR count). The minimum atomic E-state index is -0.0960. The normalized spacial score (nSPS) is 11.1. The van der Waals surface area contributed by atoms with Gasteiger partial charge in [-0.05, 0) is 30.3 Å². The van der Waals surface area contributed by atoms with Gasteiger partial charge in [-0.15, -0.1) is 0 Å². The number of hydrazone groups is 1. The molecule has 0 bridgehead atoms. The highest BCUT2D eigenvalue weighted by molar-refractivity contribution is 6.14. The van der Waals surface area contributed by atoms with Gasteiger partial charge in [-0.3, -0.25) is 14.6 Å². The number of para-hydroxylation sites is 2. The number of benzene rings is 2. The van der Waals surface area contributed by atoms with Crippen LogP contribution in [0.1, 0.15) is 0 Å².